The molecular weight excluding hydrogens is 384 g/mol. The largest absolute Gasteiger partial charge is 0.392 e. The molecule has 8 heteroatoms. The Balaban J connectivity index is 1.94. The SMILES string of the molecule is CC(O)CNc1nc2sc3c(c2c(=O)n1-c1ccc(Cl)cc1)CCN(C)C3. The monoisotopic (exact) mass is 404 g/mol. The fourth-order valence-corrected chi connectivity index (χ4v) is 4.77. The topological polar surface area (TPSA) is 70.4 Å². The maximum absolute atomic E-state index is 13.5. The highest BCUT2D eigenvalue weighted by Crippen LogP contribution is 2.33. The number of aliphatic hydroxyl groups is 1. The average Bonchev–Trinajstić information content (AvgIpc) is 2.98. The molecule has 0 radical (unpaired) electrons. The molecule has 2 N–H and O–H groups in total. The molecule has 142 valence electrons. The second-order valence-corrected chi connectivity index (χ2v) is 8.47. The Morgan fingerprint density at radius 1 is 1.37 bits per heavy atom. The summed E-state index contributed by atoms with van der Waals surface area (Å²) in [5, 5.41) is 14.1. The lowest BCUT2D eigenvalue weighted by molar-refractivity contribution is 0.208. The molecule has 0 aliphatic carbocycles. The third-order valence-electron chi connectivity index (χ3n) is 4.71. The molecule has 2 aromatic heterocycles. The summed E-state index contributed by atoms with van der Waals surface area (Å²) in [4.78, 5) is 22.4. The first kappa shape index (κ1) is 18.4. The molecule has 3 aromatic rings. The zero-order valence-corrected chi connectivity index (χ0v) is 16.8. The Labute approximate surface area is 166 Å². The zero-order chi connectivity index (χ0) is 19.1. The smallest absolute Gasteiger partial charge is 0.268 e. The molecule has 1 atom stereocenters. The molecule has 0 fully saturated rings. The summed E-state index contributed by atoms with van der Waals surface area (Å²) in [7, 11) is 2.09. The minimum Gasteiger partial charge on any atom is -0.392 e. The lowest BCUT2D eigenvalue weighted by Gasteiger charge is -2.22. The van der Waals surface area contributed by atoms with E-state index >= 15 is 0 Å². The van der Waals surface area contributed by atoms with Gasteiger partial charge in [-0.15, -0.1) is 11.3 Å². The van der Waals surface area contributed by atoms with Crippen molar-refractivity contribution in [3.05, 3.63) is 50.1 Å². The van der Waals surface area contributed by atoms with E-state index in [4.69, 9.17) is 16.6 Å². The minimum atomic E-state index is -0.554. The van der Waals surface area contributed by atoms with E-state index in [2.05, 4.69) is 17.3 Å². The lowest BCUT2D eigenvalue weighted by atomic mass is 10.1. The molecule has 1 aliphatic rings. The van der Waals surface area contributed by atoms with Crippen LogP contribution in [0.2, 0.25) is 5.02 Å². The Morgan fingerprint density at radius 3 is 2.81 bits per heavy atom. The third kappa shape index (κ3) is 3.48. The van der Waals surface area contributed by atoms with Crippen LogP contribution in [0.4, 0.5) is 5.95 Å². The van der Waals surface area contributed by atoms with Gasteiger partial charge in [-0.1, -0.05) is 11.6 Å². The Hall–Kier alpha value is -1.93. The van der Waals surface area contributed by atoms with Crippen LogP contribution in [-0.4, -0.2) is 45.8 Å². The Morgan fingerprint density at radius 2 is 2.11 bits per heavy atom. The molecule has 0 amide bonds. The van der Waals surface area contributed by atoms with E-state index in [1.807, 2.05) is 0 Å². The predicted octanol–water partition coefficient (Wildman–Crippen LogP) is 2.88. The standard InChI is InChI=1S/C19H21ClN4O2S/c1-11(25)9-21-19-22-17-16(14-7-8-23(2)10-15(14)27-17)18(26)24(19)13-5-3-12(20)4-6-13/h3-6,11,25H,7-10H2,1-2H3,(H,21,22). The third-order valence-corrected chi connectivity index (χ3v) is 6.07. The molecule has 1 aliphatic heterocycles. The number of rotatable bonds is 4. The van der Waals surface area contributed by atoms with E-state index in [1.165, 1.54) is 4.88 Å². The van der Waals surface area contributed by atoms with Crippen molar-refractivity contribution in [3.8, 4) is 5.69 Å². The van der Waals surface area contributed by atoms with Crippen molar-refractivity contribution in [2.45, 2.75) is 26.0 Å². The highest BCUT2D eigenvalue weighted by atomic mass is 35.5. The molecule has 1 aromatic carbocycles. The number of hydrogen-bond acceptors (Lipinski definition) is 6. The second-order valence-electron chi connectivity index (χ2n) is 6.95. The van der Waals surface area contributed by atoms with Crippen LogP contribution in [-0.2, 0) is 13.0 Å². The van der Waals surface area contributed by atoms with E-state index in [0.717, 1.165) is 29.9 Å². The summed E-state index contributed by atoms with van der Waals surface area (Å²) >= 11 is 7.60. The van der Waals surface area contributed by atoms with Gasteiger partial charge in [0.05, 0.1) is 17.2 Å². The fourth-order valence-electron chi connectivity index (χ4n) is 3.36. The molecule has 3 heterocycles. The minimum absolute atomic E-state index is 0.0857. The molecule has 27 heavy (non-hydrogen) atoms. The van der Waals surface area contributed by atoms with E-state index in [1.54, 1.807) is 47.1 Å². The van der Waals surface area contributed by atoms with Crippen LogP contribution in [0, 0.1) is 0 Å². The van der Waals surface area contributed by atoms with Gasteiger partial charge >= 0.3 is 0 Å². The highest BCUT2D eigenvalue weighted by Gasteiger charge is 2.24. The van der Waals surface area contributed by atoms with E-state index in [-0.39, 0.29) is 5.56 Å². The number of likely N-dealkylation sites (N-methyl/N-ethyl adjacent to an activating group) is 1. The van der Waals surface area contributed by atoms with Gasteiger partial charge in [-0.3, -0.25) is 4.79 Å². The van der Waals surface area contributed by atoms with E-state index < -0.39 is 6.10 Å². The number of anilines is 1. The van der Waals surface area contributed by atoms with Crippen LogP contribution in [0.1, 0.15) is 17.4 Å². The van der Waals surface area contributed by atoms with Crippen molar-refractivity contribution >= 4 is 39.1 Å². The molecular formula is C19H21ClN4O2S. The van der Waals surface area contributed by atoms with Gasteiger partial charge in [-0.25, -0.2) is 9.55 Å². The van der Waals surface area contributed by atoms with Gasteiger partial charge in [0.1, 0.15) is 4.83 Å². The maximum atomic E-state index is 13.5. The van der Waals surface area contributed by atoms with Gasteiger partial charge in [0.15, 0.2) is 0 Å². The van der Waals surface area contributed by atoms with Crippen molar-refractivity contribution in [2.75, 3.05) is 25.5 Å². The predicted molar refractivity (Wildman–Crippen MR) is 110 cm³/mol. The lowest BCUT2D eigenvalue weighted by Crippen LogP contribution is -2.28. The molecule has 0 saturated heterocycles. The van der Waals surface area contributed by atoms with Crippen molar-refractivity contribution in [1.29, 1.82) is 0 Å². The van der Waals surface area contributed by atoms with Crippen molar-refractivity contribution < 1.29 is 5.11 Å². The molecule has 0 saturated carbocycles. The van der Waals surface area contributed by atoms with Crippen LogP contribution in [0.3, 0.4) is 0 Å². The summed E-state index contributed by atoms with van der Waals surface area (Å²) in [5.41, 5.74) is 1.73. The summed E-state index contributed by atoms with van der Waals surface area (Å²) < 4.78 is 1.58. The van der Waals surface area contributed by atoms with Crippen LogP contribution in [0.5, 0.6) is 0 Å². The number of fused-ring (bicyclic) bond motifs is 3. The first-order valence-corrected chi connectivity index (χ1v) is 10.1. The Kier molecular flexibility index (Phi) is 4.94. The second kappa shape index (κ2) is 7.24. The van der Waals surface area contributed by atoms with Crippen molar-refractivity contribution in [1.82, 2.24) is 14.5 Å². The molecule has 0 bridgehead atoms. The summed E-state index contributed by atoms with van der Waals surface area (Å²) in [6, 6.07) is 7.11. The molecule has 1 unspecified atom stereocenters. The van der Waals surface area contributed by atoms with E-state index in [9.17, 15) is 9.90 Å². The fraction of sp³-hybridized carbons (Fsp3) is 0.368. The first-order valence-electron chi connectivity index (χ1n) is 8.87. The van der Waals surface area contributed by atoms with Gasteiger partial charge in [-0.05, 0) is 50.2 Å². The van der Waals surface area contributed by atoms with Gasteiger partial charge in [0.2, 0.25) is 5.95 Å². The number of nitrogens with zero attached hydrogens (tertiary/aromatic N) is 3. The van der Waals surface area contributed by atoms with Crippen LogP contribution >= 0.6 is 22.9 Å². The highest BCUT2D eigenvalue weighted by molar-refractivity contribution is 7.18. The van der Waals surface area contributed by atoms with E-state index in [0.29, 0.717) is 28.6 Å². The van der Waals surface area contributed by atoms with Crippen molar-refractivity contribution in [2.24, 2.45) is 0 Å². The average molecular weight is 405 g/mol. The first-order chi connectivity index (χ1) is 12.9. The quantitative estimate of drug-likeness (QED) is 0.699. The summed E-state index contributed by atoms with van der Waals surface area (Å²) in [6.07, 6.45) is 0.297. The molecule has 0 spiro atoms. The van der Waals surface area contributed by atoms with Gasteiger partial charge in [-0.2, -0.15) is 0 Å². The van der Waals surface area contributed by atoms with Gasteiger partial charge in [0.25, 0.3) is 5.56 Å². The number of nitrogens with one attached hydrogen (secondary N) is 1. The number of benzene rings is 1. The normalized spacial score (nSPS) is 15.7. The number of thiophene rings is 1. The van der Waals surface area contributed by atoms with Gasteiger partial charge < -0.3 is 15.3 Å². The summed E-state index contributed by atoms with van der Waals surface area (Å²) in [5.74, 6) is 0.433. The maximum Gasteiger partial charge on any atom is 0.268 e. The number of aliphatic hydroxyl groups excluding tert-OH is 1. The Bertz CT molecular complexity index is 1040. The zero-order valence-electron chi connectivity index (χ0n) is 15.2. The number of hydrogen-bond donors (Lipinski definition) is 2. The van der Waals surface area contributed by atoms with Gasteiger partial charge in [0, 0.05) is 29.5 Å². The number of halogens is 1. The summed E-state index contributed by atoms with van der Waals surface area (Å²) in [6.45, 7) is 3.77. The van der Waals surface area contributed by atoms with Crippen LogP contribution in [0.15, 0.2) is 29.1 Å². The molecule has 4 rings (SSSR count). The van der Waals surface area contributed by atoms with Crippen molar-refractivity contribution in [3.63, 3.8) is 0 Å². The molecule has 6 nitrogen and oxygen atoms in total. The van der Waals surface area contributed by atoms with Crippen LogP contribution < -0.4 is 10.9 Å². The van der Waals surface area contributed by atoms with Crippen LogP contribution in [0.25, 0.3) is 15.9 Å². The number of aromatic nitrogens is 2.